The fourth-order valence-electron chi connectivity index (χ4n) is 3.10. The molecule has 0 atom stereocenters. The Morgan fingerprint density at radius 2 is 0.611 bits per heavy atom. The lowest BCUT2D eigenvalue weighted by Crippen LogP contribution is -2.04. The van der Waals surface area contributed by atoms with Gasteiger partial charge in [0.25, 0.3) is 0 Å². The molecule has 36 heavy (non-hydrogen) atoms. The van der Waals surface area contributed by atoms with Crippen LogP contribution in [0.5, 0.6) is 0 Å². The average Bonchev–Trinajstić information content (AvgIpc) is 2.88. The van der Waals surface area contributed by atoms with E-state index in [1.165, 1.54) is 36.4 Å². The normalized spacial score (nSPS) is 10.6. The fraction of sp³-hybridized carbons (Fsp3) is 0. The quantitative estimate of drug-likeness (QED) is 0.104. The van der Waals surface area contributed by atoms with Gasteiger partial charge in [-0.05, 0) is 35.0 Å². The molecule has 0 unspecified atom stereocenters. The van der Waals surface area contributed by atoms with Gasteiger partial charge >= 0.3 is 0 Å². The van der Waals surface area contributed by atoms with Gasteiger partial charge in [-0.3, -0.25) is 0 Å². The van der Waals surface area contributed by atoms with Crippen LogP contribution in [0.1, 0.15) is 22.3 Å². The summed E-state index contributed by atoms with van der Waals surface area (Å²) in [6.45, 7) is 0. The van der Waals surface area contributed by atoms with Crippen molar-refractivity contribution < 1.29 is 43.9 Å². The van der Waals surface area contributed by atoms with Crippen molar-refractivity contribution in [2.45, 2.75) is 0 Å². The molecular formula is C26H6F10. The van der Waals surface area contributed by atoms with E-state index in [9.17, 15) is 43.9 Å². The lowest BCUT2D eigenvalue weighted by molar-refractivity contribution is 0.376. The van der Waals surface area contributed by atoms with E-state index in [-0.39, 0.29) is 11.1 Å². The molecule has 0 saturated heterocycles. The van der Waals surface area contributed by atoms with E-state index in [4.69, 9.17) is 0 Å². The van der Waals surface area contributed by atoms with Crippen molar-refractivity contribution in [3.8, 4) is 23.7 Å². The van der Waals surface area contributed by atoms with Crippen LogP contribution in [0.4, 0.5) is 43.9 Å². The Morgan fingerprint density at radius 1 is 0.333 bits per heavy atom. The Hall–Kier alpha value is -4.44. The first-order valence-electron chi connectivity index (χ1n) is 9.62. The summed E-state index contributed by atoms with van der Waals surface area (Å²) in [5, 5.41) is 0.946. The summed E-state index contributed by atoms with van der Waals surface area (Å²) in [6, 6.07) is 8.42. The van der Waals surface area contributed by atoms with Crippen LogP contribution in [0.15, 0.2) is 36.4 Å². The molecule has 4 aromatic carbocycles. The third-order valence-electron chi connectivity index (χ3n) is 4.92. The second-order valence-corrected chi connectivity index (χ2v) is 7.17. The number of halogens is 10. The van der Waals surface area contributed by atoms with Gasteiger partial charge in [0, 0.05) is 11.1 Å². The van der Waals surface area contributed by atoms with Crippen molar-refractivity contribution in [3.63, 3.8) is 0 Å². The molecule has 4 rings (SSSR count). The van der Waals surface area contributed by atoms with Gasteiger partial charge in [-0.15, -0.1) is 0 Å². The van der Waals surface area contributed by atoms with E-state index in [2.05, 4.69) is 11.8 Å². The van der Waals surface area contributed by atoms with Gasteiger partial charge < -0.3 is 0 Å². The summed E-state index contributed by atoms with van der Waals surface area (Å²) in [5.74, 6) is -13.0. The van der Waals surface area contributed by atoms with E-state index in [1.54, 1.807) is 0 Å². The van der Waals surface area contributed by atoms with E-state index >= 15 is 0 Å². The minimum Gasteiger partial charge on any atom is -0.202 e. The van der Waals surface area contributed by atoms with Gasteiger partial charge in [0.05, 0.1) is 0 Å². The highest BCUT2D eigenvalue weighted by atomic mass is 19.2. The highest BCUT2D eigenvalue weighted by Gasteiger charge is 2.25. The van der Waals surface area contributed by atoms with Crippen molar-refractivity contribution in [2.24, 2.45) is 0 Å². The smallest absolute Gasteiger partial charge is 0.200 e. The van der Waals surface area contributed by atoms with Gasteiger partial charge in [0.15, 0.2) is 46.5 Å². The minimum absolute atomic E-state index is 0.145. The van der Waals surface area contributed by atoms with Gasteiger partial charge in [0.2, 0.25) is 11.6 Å². The van der Waals surface area contributed by atoms with Crippen LogP contribution >= 0.6 is 0 Å². The maximum atomic E-state index is 13.8. The third kappa shape index (κ3) is 4.22. The second-order valence-electron chi connectivity index (χ2n) is 7.17. The molecule has 4 aromatic rings. The van der Waals surface area contributed by atoms with Crippen molar-refractivity contribution in [2.75, 3.05) is 0 Å². The van der Waals surface area contributed by atoms with E-state index in [0.717, 1.165) is 0 Å². The van der Waals surface area contributed by atoms with Gasteiger partial charge in [-0.2, -0.15) is 0 Å². The zero-order valence-electron chi connectivity index (χ0n) is 17.2. The van der Waals surface area contributed by atoms with Crippen LogP contribution in [-0.4, -0.2) is 0 Å². The maximum absolute atomic E-state index is 13.8. The molecule has 0 aliphatic heterocycles. The fourth-order valence-corrected chi connectivity index (χ4v) is 3.10. The molecule has 0 nitrogen and oxygen atoms in total. The van der Waals surface area contributed by atoms with Gasteiger partial charge in [0.1, 0.15) is 11.1 Å². The topological polar surface area (TPSA) is 0 Å². The molecule has 0 radical (unpaired) electrons. The first kappa shape index (κ1) is 24.7. The molecule has 180 valence electrons. The minimum atomic E-state index is -2.31. The standard InChI is InChI=1S/C26H6F10/c27-17-15(18(28)22(32)25(35)21(17)31)7-3-11-1-5-13-10-12(2-6-14(13)9-11)4-8-16-19(29)23(33)26(36)24(34)20(16)30/h1-2,5-6,9-10H. The Labute approximate surface area is 195 Å². The van der Waals surface area contributed by atoms with Crippen LogP contribution in [0.3, 0.4) is 0 Å². The van der Waals surface area contributed by atoms with Gasteiger partial charge in [-0.25, -0.2) is 43.9 Å². The van der Waals surface area contributed by atoms with Crippen LogP contribution in [0.25, 0.3) is 10.8 Å². The molecule has 0 aliphatic rings. The summed E-state index contributed by atoms with van der Waals surface area (Å²) in [4.78, 5) is 0. The molecule has 0 N–H and O–H groups in total. The van der Waals surface area contributed by atoms with E-state index < -0.39 is 69.3 Å². The predicted molar refractivity (Wildman–Crippen MR) is 108 cm³/mol. The summed E-state index contributed by atoms with van der Waals surface area (Å²) < 4.78 is 135. The molecule has 0 bridgehead atoms. The molecule has 0 aliphatic carbocycles. The monoisotopic (exact) mass is 508 g/mol. The van der Waals surface area contributed by atoms with Crippen LogP contribution < -0.4 is 0 Å². The van der Waals surface area contributed by atoms with Crippen molar-refractivity contribution in [1.29, 1.82) is 0 Å². The Kier molecular flexibility index (Phi) is 6.38. The average molecular weight is 508 g/mol. The van der Waals surface area contributed by atoms with Crippen LogP contribution in [0.2, 0.25) is 0 Å². The highest BCUT2D eigenvalue weighted by Crippen LogP contribution is 2.24. The van der Waals surface area contributed by atoms with Crippen molar-refractivity contribution >= 4 is 10.8 Å². The lowest BCUT2D eigenvalue weighted by Gasteiger charge is -2.03. The Morgan fingerprint density at radius 3 is 0.917 bits per heavy atom. The Balaban J connectivity index is 1.69. The molecule has 0 aromatic heterocycles. The SMILES string of the molecule is Fc1c(F)c(F)c(C#Cc2ccc3cc(C#Cc4c(F)c(F)c(F)c(F)c4F)ccc3c2)c(F)c1F. The highest BCUT2D eigenvalue weighted by molar-refractivity contribution is 5.85. The summed E-state index contributed by atoms with van der Waals surface area (Å²) in [6.07, 6.45) is 0. The number of hydrogen-bond donors (Lipinski definition) is 0. The Bertz CT molecular complexity index is 1510. The molecule has 0 heterocycles. The van der Waals surface area contributed by atoms with E-state index in [1.807, 2.05) is 11.8 Å². The first-order valence-corrected chi connectivity index (χ1v) is 9.62. The first-order chi connectivity index (χ1) is 17.0. The van der Waals surface area contributed by atoms with Crippen LogP contribution in [0, 0.1) is 81.9 Å². The summed E-state index contributed by atoms with van der Waals surface area (Å²) >= 11 is 0. The molecular weight excluding hydrogens is 502 g/mol. The molecule has 0 fully saturated rings. The molecule has 0 amide bonds. The van der Waals surface area contributed by atoms with E-state index in [0.29, 0.717) is 10.8 Å². The summed E-state index contributed by atoms with van der Waals surface area (Å²) in [7, 11) is 0. The predicted octanol–water partition coefficient (Wildman–Crippen LogP) is 7.03. The van der Waals surface area contributed by atoms with Gasteiger partial charge in [-0.1, -0.05) is 35.8 Å². The number of benzene rings is 4. The third-order valence-corrected chi connectivity index (χ3v) is 4.92. The largest absolute Gasteiger partial charge is 0.202 e. The van der Waals surface area contributed by atoms with Crippen molar-refractivity contribution in [3.05, 3.63) is 117 Å². The zero-order chi connectivity index (χ0) is 26.3. The summed E-state index contributed by atoms with van der Waals surface area (Å²) in [5.41, 5.74) is -2.31. The zero-order valence-corrected chi connectivity index (χ0v) is 17.2. The second kappa shape index (κ2) is 9.31. The van der Waals surface area contributed by atoms with Crippen molar-refractivity contribution in [1.82, 2.24) is 0 Å². The lowest BCUT2D eigenvalue weighted by atomic mass is 10.0. The molecule has 0 spiro atoms. The molecule has 0 saturated carbocycles. The number of hydrogen-bond acceptors (Lipinski definition) is 0. The molecule has 10 heteroatoms. The van der Waals surface area contributed by atoms with Crippen LogP contribution in [-0.2, 0) is 0 Å². The maximum Gasteiger partial charge on any atom is 0.200 e. The number of rotatable bonds is 0. The number of fused-ring (bicyclic) bond motifs is 1.